The molecular formula is C10H24N2O. The third-order valence-corrected chi connectivity index (χ3v) is 1.69. The third kappa shape index (κ3) is 9.80. The molecule has 0 aliphatic heterocycles. The summed E-state index contributed by atoms with van der Waals surface area (Å²) in [6.07, 6.45) is 0.339. The van der Waals surface area contributed by atoms with Gasteiger partial charge in [-0.15, -0.1) is 0 Å². The summed E-state index contributed by atoms with van der Waals surface area (Å²) in [7, 11) is 4.17. The summed E-state index contributed by atoms with van der Waals surface area (Å²) >= 11 is 0. The molecule has 0 bridgehead atoms. The van der Waals surface area contributed by atoms with Crippen molar-refractivity contribution in [2.45, 2.75) is 32.9 Å². The number of rotatable bonds is 7. The van der Waals surface area contributed by atoms with Crippen molar-refractivity contribution < 1.29 is 4.74 Å². The van der Waals surface area contributed by atoms with E-state index in [1.54, 1.807) is 0 Å². The quantitative estimate of drug-likeness (QED) is 0.602. The molecule has 0 aromatic carbocycles. The van der Waals surface area contributed by atoms with E-state index in [1.807, 2.05) is 0 Å². The van der Waals surface area contributed by atoms with Gasteiger partial charge in [0.1, 0.15) is 0 Å². The molecule has 80 valence electrons. The minimum absolute atomic E-state index is 0.339. The number of nitrogens with one attached hydrogen (secondary N) is 1. The molecule has 0 fully saturated rings. The zero-order valence-corrected chi connectivity index (χ0v) is 9.63. The van der Waals surface area contributed by atoms with Crippen LogP contribution in [0.1, 0.15) is 20.8 Å². The Hall–Kier alpha value is -0.120. The van der Waals surface area contributed by atoms with Crippen LogP contribution in [0.4, 0.5) is 0 Å². The molecule has 0 aliphatic rings. The van der Waals surface area contributed by atoms with Crippen LogP contribution in [0.25, 0.3) is 0 Å². The molecule has 1 unspecified atom stereocenters. The monoisotopic (exact) mass is 188 g/mol. The van der Waals surface area contributed by atoms with E-state index in [0.29, 0.717) is 12.1 Å². The van der Waals surface area contributed by atoms with Crippen LogP contribution >= 0.6 is 0 Å². The topological polar surface area (TPSA) is 24.5 Å². The van der Waals surface area contributed by atoms with Crippen LogP contribution in [0, 0.1) is 0 Å². The largest absolute Gasteiger partial charge is 0.377 e. The average Bonchev–Trinajstić information content (AvgIpc) is 1.96. The molecule has 0 amide bonds. The molecule has 0 saturated heterocycles. The van der Waals surface area contributed by atoms with Crippen LogP contribution < -0.4 is 5.32 Å². The van der Waals surface area contributed by atoms with E-state index in [0.717, 1.165) is 19.7 Å². The van der Waals surface area contributed by atoms with Crippen LogP contribution in [-0.2, 0) is 4.74 Å². The smallest absolute Gasteiger partial charge is 0.0594 e. The van der Waals surface area contributed by atoms with E-state index >= 15 is 0 Å². The summed E-state index contributed by atoms with van der Waals surface area (Å²) < 4.78 is 5.42. The highest BCUT2D eigenvalue weighted by Gasteiger charge is 2.01. The Morgan fingerprint density at radius 3 is 2.31 bits per heavy atom. The summed E-state index contributed by atoms with van der Waals surface area (Å²) in [5.41, 5.74) is 0. The molecule has 0 saturated carbocycles. The van der Waals surface area contributed by atoms with Crippen molar-refractivity contribution in [3.8, 4) is 0 Å². The maximum Gasteiger partial charge on any atom is 0.0594 e. The molecule has 0 aromatic heterocycles. The Labute approximate surface area is 82.4 Å². The van der Waals surface area contributed by atoms with Gasteiger partial charge in [-0.05, 0) is 34.9 Å². The van der Waals surface area contributed by atoms with Crippen LogP contribution in [0.3, 0.4) is 0 Å². The first-order valence-corrected chi connectivity index (χ1v) is 5.02. The van der Waals surface area contributed by atoms with Crippen molar-refractivity contribution >= 4 is 0 Å². The van der Waals surface area contributed by atoms with Crippen LogP contribution in [0.5, 0.6) is 0 Å². The van der Waals surface area contributed by atoms with E-state index in [4.69, 9.17) is 4.74 Å². The van der Waals surface area contributed by atoms with Gasteiger partial charge in [0.2, 0.25) is 0 Å². The minimum atomic E-state index is 0.339. The lowest BCUT2D eigenvalue weighted by Crippen LogP contribution is -2.37. The predicted octanol–water partition coefficient (Wildman–Crippen LogP) is 0.951. The molecular weight excluding hydrogens is 164 g/mol. The zero-order chi connectivity index (χ0) is 10.3. The predicted molar refractivity (Wildman–Crippen MR) is 57.1 cm³/mol. The summed E-state index contributed by atoms with van der Waals surface area (Å²) in [6.45, 7) is 9.12. The Balaban J connectivity index is 3.22. The normalized spacial score (nSPS) is 14.1. The minimum Gasteiger partial charge on any atom is -0.377 e. The maximum atomic E-state index is 5.42. The second-order valence-corrected chi connectivity index (χ2v) is 4.04. The fourth-order valence-electron chi connectivity index (χ4n) is 1.21. The summed E-state index contributed by atoms with van der Waals surface area (Å²) in [5, 5.41) is 3.40. The van der Waals surface area contributed by atoms with Crippen molar-refractivity contribution in [3.05, 3.63) is 0 Å². The van der Waals surface area contributed by atoms with Gasteiger partial charge in [0, 0.05) is 19.1 Å². The molecule has 0 aromatic rings. The third-order valence-electron chi connectivity index (χ3n) is 1.69. The SMILES string of the molecule is CC(CN(C)C)NCCOC(C)C. The van der Waals surface area contributed by atoms with Crippen molar-refractivity contribution in [1.29, 1.82) is 0 Å². The molecule has 13 heavy (non-hydrogen) atoms. The van der Waals surface area contributed by atoms with Gasteiger partial charge in [-0.2, -0.15) is 0 Å². The van der Waals surface area contributed by atoms with E-state index in [1.165, 1.54) is 0 Å². The molecule has 1 atom stereocenters. The Morgan fingerprint density at radius 1 is 1.23 bits per heavy atom. The van der Waals surface area contributed by atoms with E-state index < -0.39 is 0 Å². The lowest BCUT2D eigenvalue weighted by molar-refractivity contribution is 0.0791. The fourth-order valence-corrected chi connectivity index (χ4v) is 1.21. The Bertz CT molecular complexity index is 115. The molecule has 0 rings (SSSR count). The molecule has 0 radical (unpaired) electrons. The lowest BCUT2D eigenvalue weighted by Gasteiger charge is -2.18. The number of hydrogen-bond acceptors (Lipinski definition) is 3. The number of ether oxygens (including phenoxy) is 1. The second kappa shape index (κ2) is 7.30. The van der Waals surface area contributed by atoms with Gasteiger partial charge in [0.25, 0.3) is 0 Å². The van der Waals surface area contributed by atoms with Gasteiger partial charge in [-0.3, -0.25) is 0 Å². The Kier molecular flexibility index (Phi) is 7.23. The van der Waals surface area contributed by atoms with Crippen molar-refractivity contribution in [2.24, 2.45) is 0 Å². The summed E-state index contributed by atoms with van der Waals surface area (Å²) in [6, 6.07) is 0.533. The summed E-state index contributed by atoms with van der Waals surface area (Å²) in [5.74, 6) is 0. The van der Waals surface area contributed by atoms with E-state index in [9.17, 15) is 0 Å². The number of nitrogens with zero attached hydrogens (tertiary/aromatic N) is 1. The first-order valence-electron chi connectivity index (χ1n) is 5.02. The highest BCUT2D eigenvalue weighted by Crippen LogP contribution is 1.87. The average molecular weight is 188 g/mol. The molecule has 0 spiro atoms. The van der Waals surface area contributed by atoms with Crippen LogP contribution in [0.15, 0.2) is 0 Å². The molecule has 3 heteroatoms. The van der Waals surface area contributed by atoms with Gasteiger partial charge in [-0.1, -0.05) is 0 Å². The highest BCUT2D eigenvalue weighted by molar-refractivity contribution is 4.62. The highest BCUT2D eigenvalue weighted by atomic mass is 16.5. The molecule has 1 N–H and O–H groups in total. The zero-order valence-electron chi connectivity index (χ0n) is 9.63. The van der Waals surface area contributed by atoms with Gasteiger partial charge in [0.05, 0.1) is 12.7 Å². The maximum absolute atomic E-state index is 5.42. The van der Waals surface area contributed by atoms with Gasteiger partial charge >= 0.3 is 0 Å². The molecule has 0 heterocycles. The standard InChI is InChI=1S/C10H24N2O/c1-9(2)13-7-6-11-10(3)8-12(4)5/h9-11H,6-8H2,1-5H3. The first-order chi connectivity index (χ1) is 6.02. The van der Waals surface area contributed by atoms with E-state index in [-0.39, 0.29) is 0 Å². The van der Waals surface area contributed by atoms with Crippen LogP contribution in [0.2, 0.25) is 0 Å². The van der Waals surface area contributed by atoms with Crippen molar-refractivity contribution in [1.82, 2.24) is 10.2 Å². The van der Waals surface area contributed by atoms with E-state index in [2.05, 4.69) is 45.1 Å². The van der Waals surface area contributed by atoms with Gasteiger partial charge < -0.3 is 15.0 Å². The lowest BCUT2D eigenvalue weighted by atomic mass is 10.3. The second-order valence-electron chi connectivity index (χ2n) is 4.04. The fraction of sp³-hybridized carbons (Fsp3) is 1.00. The first kappa shape index (κ1) is 12.9. The van der Waals surface area contributed by atoms with Crippen molar-refractivity contribution in [2.75, 3.05) is 33.8 Å². The van der Waals surface area contributed by atoms with Crippen LogP contribution in [-0.4, -0.2) is 50.8 Å². The van der Waals surface area contributed by atoms with Gasteiger partial charge in [-0.25, -0.2) is 0 Å². The van der Waals surface area contributed by atoms with Crippen molar-refractivity contribution in [3.63, 3.8) is 0 Å². The molecule has 3 nitrogen and oxygen atoms in total. The summed E-state index contributed by atoms with van der Waals surface area (Å²) in [4.78, 5) is 2.18. The number of likely N-dealkylation sites (N-methyl/N-ethyl adjacent to an activating group) is 1. The van der Waals surface area contributed by atoms with Gasteiger partial charge in [0.15, 0.2) is 0 Å². The number of hydrogen-bond donors (Lipinski definition) is 1. The Morgan fingerprint density at radius 2 is 1.85 bits per heavy atom. The molecule has 0 aliphatic carbocycles.